The van der Waals surface area contributed by atoms with Gasteiger partial charge in [-0.05, 0) is 35.7 Å². The fourth-order valence-corrected chi connectivity index (χ4v) is 3.92. The Bertz CT molecular complexity index is 1050. The van der Waals surface area contributed by atoms with Crippen LogP contribution in [0, 0.1) is 11.3 Å². The summed E-state index contributed by atoms with van der Waals surface area (Å²) in [7, 11) is -2.03. The van der Waals surface area contributed by atoms with Gasteiger partial charge in [0.15, 0.2) is 16.4 Å². The Labute approximate surface area is 177 Å². The molecule has 7 nitrogen and oxygen atoms in total. The number of nitrogens with zero attached hydrogens (tertiary/aromatic N) is 1. The van der Waals surface area contributed by atoms with Gasteiger partial charge in [0.25, 0.3) is 5.91 Å². The van der Waals surface area contributed by atoms with Crippen molar-refractivity contribution in [1.29, 1.82) is 5.26 Å². The van der Waals surface area contributed by atoms with Gasteiger partial charge in [-0.3, -0.25) is 4.79 Å². The number of amides is 1. The molecular weight excluding hydrogens is 404 g/mol. The summed E-state index contributed by atoms with van der Waals surface area (Å²) in [5.74, 6) is 0.462. The van der Waals surface area contributed by atoms with E-state index in [4.69, 9.17) is 14.7 Å². The lowest BCUT2D eigenvalue weighted by Gasteiger charge is -2.23. The third-order valence-electron chi connectivity index (χ3n) is 4.31. The number of carbonyl (C=O) groups excluding carboxylic acids is 1. The summed E-state index contributed by atoms with van der Waals surface area (Å²) in [5.41, 5.74) is 0.826. The maximum atomic E-state index is 12.4. The van der Waals surface area contributed by atoms with Gasteiger partial charge >= 0.3 is 0 Å². The molecule has 2 aromatic carbocycles. The molecule has 0 aliphatic carbocycles. The number of nitriles is 1. The molecular formula is C22H26N2O5S. The van der Waals surface area contributed by atoms with E-state index in [-0.39, 0.29) is 29.6 Å². The first-order chi connectivity index (χ1) is 14.1. The topological polar surface area (TPSA) is 105 Å². The number of ether oxygens (including phenoxy) is 2. The molecule has 1 amide bonds. The summed E-state index contributed by atoms with van der Waals surface area (Å²) in [6, 6.07) is 13.4. The van der Waals surface area contributed by atoms with Crippen molar-refractivity contribution in [3.8, 4) is 17.6 Å². The van der Waals surface area contributed by atoms with E-state index in [2.05, 4.69) is 5.32 Å². The zero-order valence-electron chi connectivity index (χ0n) is 17.6. The fraction of sp³-hybridized carbons (Fsp3) is 0.364. The van der Waals surface area contributed by atoms with Crippen LogP contribution in [-0.2, 0) is 20.0 Å². The number of benzene rings is 2. The van der Waals surface area contributed by atoms with Gasteiger partial charge in [0.2, 0.25) is 0 Å². The molecule has 0 atom stereocenters. The largest absolute Gasteiger partial charge is 0.497 e. The number of anilines is 1. The molecule has 8 heteroatoms. The van der Waals surface area contributed by atoms with Gasteiger partial charge in [0, 0.05) is 23.7 Å². The molecule has 0 radical (unpaired) electrons. The van der Waals surface area contributed by atoms with E-state index in [1.807, 2.05) is 26.8 Å². The van der Waals surface area contributed by atoms with E-state index in [0.29, 0.717) is 22.7 Å². The molecule has 0 bridgehead atoms. The van der Waals surface area contributed by atoms with Gasteiger partial charge in [0.05, 0.1) is 23.8 Å². The maximum Gasteiger partial charge on any atom is 0.262 e. The lowest BCUT2D eigenvalue weighted by molar-refractivity contribution is -0.118. The Morgan fingerprint density at radius 2 is 1.90 bits per heavy atom. The van der Waals surface area contributed by atoms with E-state index in [0.717, 1.165) is 0 Å². The fourth-order valence-electron chi connectivity index (χ4n) is 2.75. The summed E-state index contributed by atoms with van der Waals surface area (Å²) < 4.78 is 35.7. The Morgan fingerprint density at radius 3 is 2.53 bits per heavy atom. The van der Waals surface area contributed by atoms with E-state index in [1.165, 1.54) is 6.07 Å². The van der Waals surface area contributed by atoms with Gasteiger partial charge in [-0.2, -0.15) is 5.26 Å². The summed E-state index contributed by atoms with van der Waals surface area (Å²) in [6.07, 6.45) is -0.0735. The van der Waals surface area contributed by atoms with Crippen molar-refractivity contribution in [1.82, 2.24) is 0 Å². The molecule has 30 heavy (non-hydrogen) atoms. The van der Waals surface area contributed by atoms with Crippen LogP contribution in [0.4, 0.5) is 5.69 Å². The Morgan fingerprint density at radius 1 is 1.17 bits per heavy atom. The number of hydrogen-bond acceptors (Lipinski definition) is 6. The van der Waals surface area contributed by atoms with Crippen LogP contribution in [0.3, 0.4) is 0 Å². The van der Waals surface area contributed by atoms with Gasteiger partial charge in [-0.15, -0.1) is 0 Å². The average Bonchev–Trinajstić information content (AvgIpc) is 2.70. The number of carbonyl (C=O) groups is 1. The first-order valence-electron chi connectivity index (χ1n) is 9.38. The number of sulfone groups is 1. The summed E-state index contributed by atoms with van der Waals surface area (Å²) >= 11 is 0. The first-order valence-corrected chi connectivity index (χ1v) is 11.0. The van der Waals surface area contributed by atoms with Crippen LogP contribution in [0.15, 0.2) is 47.4 Å². The summed E-state index contributed by atoms with van der Waals surface area (Å²) in [5, 5.41) is 11.4. The van der Waals surface area contributed by atoms with Crippen molar-refractivity contribution in [2.45, 2.75) is 37.5 Å². The van der Waals surface area contributed by atoms with Gasteiger partial charge in [0.1, 0.15) is 11.5 Å². The molecule has 0 saturated carbocycles. The highest BCUT2D eigenvalue weighted by molar-refractivity contribution is 7.91. The van der Waals surface area contributed by atoms with Crippen LogP contribution in [-0.4, -0.2) is 33.8 Å². The highest BCUT2D eigenvalue weighted by Crippen LogP contribution is 2.33. The number of hydrogen-bond donors (Lipinski definition) is 1. The number of rotatable bonds is 8. The van der Waals surface area contributed by atoms with Crippen LogP contribution in [0.5, 0.6) is 11.5 Å². The van der Waals surface area contributed by atoms with E-state index >= 15 is 0 Å². The Kier molecular flexibility index (Phi) is 7.46. The minimum atomic E-state index is -3.57. The third-order valence-corrected chi connectivity index (χ3v) is 6.03. The van der Waals surface area contributed by atoms with Crippen molar-refractivity contribution >= 4 is 21.4 Å². The molecule has 0 saturated heterocycles. The van der Waals surface area contributed by atoms with Crippen molar-refractivity contribution in [3.63, 3.8) is 0 Å². The lowest BCUT2D eigenvalue weighted by atomic mass is 9.86. The minimum absolute atomic E-state index is 0.0735. The second-order valence-corrected chi connectivity index (χ2v) is 9.81. The molecule has 0 unspecified atom stereocenters. The predicted octanol–water partition coefficient (Wildman–Crippen LogP) is 3.70. The van der Waals surface area contributed by atoms with E-state index in [9.17, 15) is 13.2 Å². The quantitative estimate of drug-likeness (QED) is 0.685. The highest BCUT2D eigenvalue weighted by atomic mass is 32.2. The molecule has 0 spiro atoms. The highest BCUT2D eigenvalue weighted by Gasteiger charge is 2.24. The smallest absolute Gasteiger partial charge is 0.262 e. The van der Waals surface area contributed by atoms with Crippen LogP contribution >= 0.6 is 0 Å². The zero-order chi connectivity index (χ0) is 22.4. The normalized spacial score (nSPS) is 11.4. The predicted molar refractivity (Wildman–Crippen MR) is 115 cm³/mol. The van der Waals surface area contributed by atoms with Gasteiger partial charge in [-0.25, -0.2) is 8.42 Å². The second kappa shape index (κ2) is 9.63. The molecule has 160 valence electrons. The molecule has 0 aromatic heterocycles. The van der Waals surface area contributed by atoms with Crippen LogP contribution in [0.25, 0.3) is 0 Å². The SMILES string of the molecule is COc1cccc(NC(=O)COc2ccc(S(=O)(=O)CCC#N)cc2C(C)(C)C)c1. The monoisotopic (exact) mass is 430 g/mol. The Balaban J connectivity index is 2.18. The van der Waals surface area contributed by atoms with Gasteiger partial charge in [-0.1, -0.05) is 26.8 Å². The first kappa shape index (κ1) is 23.2. The van der Waals surface area contributed by atoms with Gasteiger partial charge < -0.3 is 14.8 Å². The van der Waals surface area contributed by atoms with Crippen molar-refractivity contribution in [2.24, 2.45) is 0 Å². The summed E-state index contributed by atoms with van der Waals surface area (Å²) in [6.45, 7) is 5.55. The molecule has 2 aromatic rings. The van der Waals surface area contributed by atoms with Crippen LogP contribution < -0.4 is 14.8 Å². The molecule has 0 fully saturated rings. The standard InChI is InChI=1S/C22H26N2O5S/c1-22(2,3)19-14-18(30(26,27)12-6-11-23)9-10-20(19)29-15-21(25)24-16-7-5-8-17(13-16)28-4/h5,7-10,13-14H,6,12,15H2,1-4H3,(H,24,25). The zero-order valence-corrected chi connectivity index (χ0v) is 18.4. The Hall–Kier alpha value is -3.05. The van der Waals surface area contributed by atoms with E-state index < -0.39 is 15.3 Å². The lowest BCUT2D eigenvalue weighted by Crippen LogP contribution is -2.22. The molecule has 2 rings (SSSR count). The van der Waals surface area contributed by atoms with Crippen molar-refractivity contribution in [3.05, 3.63) is 48.0 Å². The van der Waals surface area contributed by atoms with Crippen LogP contribution in [0.1, 0.15) is 32.8 Å². The third kappa shape index (κ3) is 6.22. The van der Waals surface area contributed by atoms with Crippen LogP contribution in [0.2, 0.25) is 0 Å². The molecule has 1 N–H and O–H groups in total. The van der Waals surface area contributed by atoms with Crippen molar-refractivity contribution in [2.75, 3.05) is 24.8 Å². The minimum Gasteiger partial charge on any atom is -0.497 e. The number of methoxy groups -OCH3 is 1. The van der Waals surface area contributed by atoms with E-state index in [1.54, 1.807) is 43.5 Å². The second-order valence-electron chi connectivity index (χ2n) is 7.70. The molecule has 0 aliphatic rings. The average molecular weight is 431 g/mol. The summed E-state index contributed by atoms with van der Waals surface area (Å²) in [4.78, 5) is 12.4. The molecule has 0 heterocycles. The number of nitrogens with one attached hydrogen (secondary N) is 1. The molecule has 0 aliphatic heterocycles. The van der Waals surface area contributed by atoms with Crippen molar-refractivity contribution < 1.29 is 22.7 Å². The maximum absolute atomic E-state index is 12.4.